The van der Waals surface area contributed by atoms with Gasteiger partial charge in [-0.25, -0.2) is 0 Å². The highest BCUT2D eigenvalue weighted by Gasteiger charge is 2.30. The molecule has 1 aromatic heterocycles. The van der Waals surface area contributed by atoms with Crippen LogP contribution >= 0.6 is 0 Å². The van der Waals surface area contributed by atoms with Crippen LogP contribution in [-0.4, -0.2) is 59.6 Å². The van der Waals surface area contributed by atoms with E-state index in [-0.39, 0.29) is 17.4 Å². The summed E-state index contributed by atoms with van der Waals surface area (Å²) in [5.74, 6) is 0.184. The van der Waals surface area contributed by atoms with Gasteiger partial charge in [0.05, 0.1) is 0 Å². The van der Waals surface area contributed by atoms with Gasteiger partial charge in [-0.1, -0.05) is 26.8 Å². The van der Waals surface area contributed by atoms with Crippen molar-refractivity contribution in [2.24, 2.45) is 0 Å². The number of carbonyl (C=O) groups excluding carboxylic acids is 1. The molecular weight excluding hydrogens is 302 g/mol. The number of pyridine rings is 1. The molecule has 3 heterocycles. The van der Waals surface area contributed by atoms with Gasteiger partial charge < -0.3 is 9.64 Å². The van der Waals surface area contributed by atoms with Crippen molar-refractivity contribution in [2.45, 2.75) is 51.7 Å². The van der Waals surface area contributed by atoms with Gasteiger partial charge in [-0.05, 0) is 24.5 Å². The van der Waals surface area contributed by atoms with Crippen LogP contribution in [0.4, 0.5) is 0 Å². The molecule has 2 aliphatic heterocycles. The van der Waals surface area contributed by atoms with Crippen molar-refractivity contribution >= 4 is 5.91 Å². The summed E-state index contributed by atoms with van der Waals surface area (Å²) in [4.78, 5) is 21.3. The lowest BCUT2D eigenvalue weighted by atomic mass is 9.91. The van der Waals surface area contributed by atoms with Crippen LogP contribution in [0, 0.1) is 0 Å². The Kier molecular flexibility index (Phi) is 5.21. The summed E-state index contributed by atoms with van der Waals surface area (Å²) >= 11 is 0. The van der Waals surface area contributed by atoms with Crippen LogP contribution in [0.3, 0.4) is 0 Å². The second-order valence-electron chi connectivity index (χ2n) is 7.90. The normalized spacial score (nSPS) is 22.8. The van der Waals surface area contributed by atoms with Crippen molar-refractivity contribution in [1.82, 2.24) is 14.8 Å². The molecule has 2 aliphatic rings. The average Bonchev–Trinajstić information content (AvgIpc) is 3.09. The largest absolute Gasteiger partial charge is 0.368 e. The molecular formula is C19H29N3O2. The molecule has 2 fully saturated rings. The van der Waals surface area contributed by atoms with E-state index >= 15 is 0 Å². The Morgan fingerprint density at radius 1 is 1.25 bits per heavy atom. The molecule has 0 bridgehead atoms. The second-order valence-corrected chi connectivity index (χ2v) is 7.90. The number of amides is 1. The van der Waals surface area contributed by atoms with Crippen molar-refractivity contribution in [1.29, 1.82) is 0 Å². The first kappa shape index (κ1) is 17.4. The van der Waals surface area contributed by atoms with E-state index < -0.39 is 0 Å². The van der Waals surface area contributed by atoms with Crippen molar-refractivity contribution in [3.05, 3.63) is 29.6 Å². The molecule has 1 aromatic rings. The minimum Gasteiger partial charge on any atom is -0.368 e. The maximum atomic E-state index is 12.4. The fraction of sp³-hybridized carbons (Fsp3) is 0.684. The van der Waals surface area contributed by atoms with Crippen LogP contribution in [-0.2, 0) is 21.5 Å². The van der Waals surface area contributed by atoms with Crippen LogP contribution < -0.4 is 0 Å². The van der Waals surface area contributed by atoms with Gasteiger partial charge in [-0.15, -0.1) is 0 Å². The van der Waals surface area contributed by atoms with Crippen LogP contribution in [0.2, 0.25) is 0 Å². The molecule has 0 aromatic carbocycles. The van der Waals surface area contributed by atoms with Gasteiger partial charge in [0.2, 0.25) is 0 Å². The third kappa shape index (κ3) is 4.14. The summed E-state index contributed by atoms with van der Waals surface area (Å²) in [6.07, 6.45) is 3.69. The zero-order chi connectivity index (χ0) is 17.2. The molecule has 0 aliphatic carbocycles. The highest BCUT2D eigenvalue weighted by atomic mass is 16.5. The molecule has 0 radical (unpaired) electrons. The summed E-state index contributed by atoms with van der Waals surface area (Å²) in [6.45, 7) is 11.6. The lowest BCUT2D eigenvalue weighted by Crippen LogP contribution is -2.51. The Labute approximate surface area is 145 Å². The Balaban J connectivity index is 1.49. The maximum absolute atomic E-state index is 12.4. The zero-order valence-corrected chi connectivity index (χ0v) is 15.1. The van der Waals surface area contributed by atoms with Gasteiger partial charge in [-0.2, -0.15) is 0 Å². The highest BCUT2D eigenvalue weighted by molar-refractivity contribution is 5.81. The molecule has 5 nitrogen and oxygen atoms in total. The van der Waals surface area contributed by atoms with Gasteiger partial charge in [-0.3, -0.25) is 14.7 Å². The highest BCUT2D eigenvalue weighted by Crippen LogP contribution is 2.20. The number of hydrogen-bond donors (Lipinski definition) is 0. The molecule has 1 unspecified atom stereocenters. The predicted octanol–water partition coefficient (Wildman–Crippen LogP) is 2.20. The van der Waals surface area contributed by atoms with E-state index in [0.29, 0.717) is 0 Å². The monoisotopic (exact) mass is 331 g/mol. The topological polar surface area (TPSA) is 45.7 Å². The Morgan fingerprint density at radius 3 is 2.54 bits per heavy atom. The van der Waals surface area contributed by atoms with E-state index in [0.717, 1.165) is 57.9 Å². The Bertz CT molecular complexity index is 551. The molecule has 3 rings (SSSR count). The smallest absolute Gasteiger partial charge is 0.251 e. The minimum atomic E-state index is -0.189. The Morgan fingerprint density at radius 2 is 2.00 bits per heavy atom. The first-order valence-corrected chi connectivity index (χ1v) is 9.01. The molecule has 0 saturated carbocycles. The van der Waals surface area contributed by atoms with E-state index in [9.17, 15) is 4.79 Å². The molecule has 1 amide bonds. The number of rotatable bonds is 3. The number of aromatic nitrogens is 1. The molecule has 0 N–H and O–H groups in total. The first-order valence-electron chi connectivity index (χ1n) is 9.01. The fourth-order valence-corrected chi connectivity index (χ4v) is 3.32. The van der Waals surface area contributed by atoms with E-state index in [2.05, 4.69) is 42.8 Å². The number of hydrogen-bond acceptors (Lipinski definition) is 4. The summed E-state index contributed by atoms with van der Waals surface area (Å²) < 4.78 is 5.52. The van der Waals surface area contributed by atoms with E-state index in [1.54, 1.807) is 0 Å². The molecule has 132 valence electrons. The third-order valence-electron chi connectivity index (χ3n) is 4.89. The molecule has 24 heavy (non-hydrogen) atoms. The quantitative estimate of drug-likeness (QED) is 0.852. The summed E-state index contributed by atoms with van der Waals surface area (Å²) in [7, 11) is 0. The number of carbonyl (C=O) groups is 1. The third-order valence-corrected chi connectivity index (χ3v) is 4.89. The van der Waals surface area contributed by atoms with Crippen molar-refractivity contribution in [3.8, 4) is 0 Å². The second kappa shape index (κ2) is 7.19. The van der Waals surface area contributed by atoms with Crippen molar-refractivity contribution < 1.29 is 9.53 Å². The first-order chi connectivity index (χ1) is 11.4. The van der Waals surface area contributed by atoms with Gasteiger partial charge in [0.1, 0.15) is 6.10 Å². The van der Waals surface area contributed by atoms with Crippen molar-refractivity contribution in [2.75, 3.05) is 32.8 Å². The number of piperazine rings is 1. The molecule has 0 spiro atoms. The lowest BCUT2D eigenvalue weighted by Gasteiger charge is -2.35. The number of ether oxygens (including phenoxy) is 1. The summed E-state index contributed by atoms with van der Waals surface area (Å²) in [6, 6.07) is 4.31. The van der Waals surface area contributed by atoms with E-state index in [1.807, 2.05) is 11.1 Å². The van der Waals surface area contributed by atoms with Gasteiger partial charge in [0.25, 0.3) is 5.91 Å². The SMILES string of the molecule is CC(C)(C)c1ccc(CN2CCN(C(=O)C3CCCO3)CC2)cn1. The van der Waals surface area contributed by atoms with Gasteiger partial charge in [0.15, 0.2) is 0 Å². The van der Waals surface area contributed by atoms with Crippen LogP contribution in [0.5, 0.6) is 0 Å². The Hall–Kier alpha value is -1.46. The molecule has 1 atom stereocenters. The van der Waals surface area contributed by atoms with Gasteiger partial charge in [0, 0.05) is 56.6 Å². The zero-order valence-electron chi connectivity index (χ0n) is 15.1. The van der Waals surface area contributed by atoms with E-state index in [4.69, 9.17) is 4.74 Å². The predicted molar refractivity (Wildman–Crippen MR) is 93.8 cm³/mol. The van der Waals surface area contributed by atoms with E-state index in [1.165, 1.54) is 5.56 Å². The maximum Gasteiger partial charge on any atom is 0.251 e. The summed E-state index contributed by atoms with van der Waals surface area (Å²) in [5.41, 5.74) is 2.45. The van der Waals surface area contributed by atoms with Crippen molar-refractivity contribution in [3.63, 3.8) is 0 Å². The lowest BCUT2D eigenvalue weighted by molar-refractivity contribution is -0.142. The standard InChI is InChI=1S/C19H29N3O2/c1-19(2,3)17-7-6-15(13-20-17)14-21-8-10-22(11-9-21)18(23)16-5-4-12-24-16/h6-7,13,16H,4-5,8-12,14H2,1-3H3. The van der Waals surface area contributed by atoms with Crippen LogP contribution in [0.15, 0.2) is 18.3 Å². The summed E-state index contributed by atoms with van der Waals surface area (Å²) in [5, 5.41) is 0. The average molecular weight is 331 g/mol. The fourth-order valence-electron chi connectivity index (χ4n) is 3.32. The minimum absolute atomic E-state index is 0.0901. The molecule has 5 heteroatoms. The molecule has 2 saturated heterocycles. The van der Waals surface area contributed by atoms with Gasteiger partial charge >= 0.3 is 0 Å². The van der Waals surface area contributed by atoms with Crippen LogP contribution in [0.1, 0.15) is 44.9 Å². The van der Waals surface area contributed by atoms with Crippen LogP contribution in [0.25, 0.3) is 0 Å². The number of nitrogens with zero attached hydrogens (tertiary/aromatic N) is 3.